The number of pyridine rings is 1. The van der Waals surface area contributed by atoms with Gasteiger partial charge >= 0.3 is 0 Å². The summed E-state index contributed by atoms with van der Waals surface area (Å²) < 4.78 is 0. The molecule has 3 heteroatoms. The first kappa shape index (κ1) is 13.3. The van der Waals surface area contributed by atoms with Gasteiger partial charge < -0.3 is 10.6 Å². The summed E-state index contributed by atoms with van der Waals surface area (Å²) in [5.74, 6) is 2.62. The Balaban J connectivity index is 2.25. The Bertz CT molecular complexity index is 370. The van der Waals surface area contributed by atoms with E-state index in [1.54, 1.807) is 0 Å². The highest BCUT2D eigenvalue weighted by molar-refractivity contribution is 5.43. The zero-order valence-corrected chi connectivity index (χ0v) is 11.8. The lowest BCUT2D eigenvalue weighted by atomic mass is 9.92. The van der Waals surface area contributed by atoms with Crippen LogP contribution in [0, 0.1) is 11.8 Å². The Morgan fingerprint density at radius 2 is 1.94 bits per heavy atom. The minimum Gasteiger partial charge on any atom is -0.356 e. The summed E-state index contributed by atoms with van der Waals surface area (Å²) >= 11 is 0. The third-order valence-electron chi connectivity index (χ3n) is 3.72. The maximum Gasteiger partial charge on any atom is 0.129 e. The highest BCUT2D eigenvalue weighted by Crippen LogP contribution is 2.26. The number of hydrogen-bond acceptors (Lipinski definition) is 3. The van der Waals surface area contributed by atoms with Crippen LogP contribution >= 0.6 is 0 Å². The molecule has 1 fully saturated rings. The molecule has 2 heterocycles. The smallest absolute Gasteiger partial charge is 0.129 e. The van der Waals surface area contributed by atoms with Crippen LogP contribution in [0.2, 0.25) is 0 Å². The molecule has 1 saturated heterocycles. The number of aromatic nitrogens is 1. The predicted molar refractivity (Wildman–Crippen MR) is 76.7 cm³/mol. The first-order chi connectivity index (χ1) is 8.62. The Labute approximate surface area is 110 Å². The number of hydrogen-bond donors (Lipinski definition) is 1. The second-order valence-electron chi connectivity index (χ2n) is 5.73. The van der Waals surface area contributed by atoms with Gasteiger partial charge in [0.05, 0.1) is 0 Å². The second kappa shape index (κ2) is 5.70. The normalized spacial score (nSPS) is 24.3. The molecule has 2 unspecified atom stereocenters. The van der Waals surface area contributed by atoms with Crippen molar-refractivity contribution >= 4 is 5.82 Å². The molecule has 0 amide bonds. The number of nitrogens with zero attached hydrogens (tertiary/aromatic N) is 2. The van der Waals surface area contributed by atoms with Gasteiger partial charge in [-0.2, -0.15) is 0 Å². The van der Waals surface area contributed by atoms with Gasteiger partial charge in [0.1, 0.15) is 5.82 Å². The average Bonchev–Trinajstić information content (AvgIpc) is 2.37. The van der Waals surface area contributed by atoms with Crippen LogP contribution in [0.3, 0.4) is 0 Å². The summed E-state index contributed by atoms with van der Waals surface area (Å²) in [4.78, 5) is 7.19. The van der Waals surface area contributed by atoms with E-state index in [0.29, 0.717) is 6.54 Å². The van der Waals surface area contributed by atoms with Gasteiger partial charge in [-0.25, -0.2) is 4.98 Å². The highest BCUT2D eigenvalue weighted by Gasteiger charge is 2.23. The van der Waals surface area contributed by atoms with E-state index in [9.17, 15) is 0 Å². The van der Waals surface area contributed by atoms with Crippen LogP contribution in [0.1, 0.15) is 38.4 Å². The molecule has 1 aromatic rings. The zero-order valence-electron chi connectivity index (χ0n) is 11.8. The molecule has 0 aliphatic carbocycles. The van der Waals surface area contributed by atoms with Crippen molar-refractivity contribution in [3.63, 3.8) is 0 Å². The second-order valence-corrected chi connectivity index (χ2v) is 5.73. The van der Waals surface area contributed by atoms with Crippen molar-refractivity contribution in [3.05, 3.63) is 23.4 Å². The Morgan fingerprint density at radius 3 is 2.50 bits per heavy atom. The molecule has 0 radical (unpaired) electrons. The van der Waals surface area contributed by atoms with Crippen LogP contribution in [0.5, 0.6) is 0 Å². The molecule has 3 nitrogen and oxygen atoms in total. The van der Waals surface area contributed by atoms with Gasteiger partial charge in [0.15, 0.2) is 0 Å². The molecule has 1 aliphatic heterocycles. The Hall–Kier alpha value is -1.09. The highest BCUT2D eigenvalue weighted by atomic mass is 15.2. The third-order valence-corrected chi connectivity index (χ3v) is 3.72. The van der Waals surface area contributed by atoms with Crippen molar-refractivity contribution in [1.82, 2.24) is 4.98 Å². The number of rotatable bonds is 3. The van der Waals surface area contributed by atoms with Gasteiger partial charge in [0, 0.05) is 25.3 Å². The van der Waals surface area contributed by atoms with E-state index in [4.69, 9.17) is 10.7 Å². The minimum atomic E-state index is 0.599. The molecular formula is C15H25N3. The van der Waals surface area contributed by atoms with Gasteiger partial charge in [-0.3, -0.25) is 0 Å². The molecule has 1 aromatic heterocycles. The van der Waals surface area contributed by atoms with Gasteiger partial charge in [0.25, 0.3) is 0 Å². The molecule has 1 aliphatic rings. The lowest BCUT2D eigenvalue weighted by Gasteiger charge is -2.36. The number of anilines is 1. The van der Waals surface area contributed by atoms with Crippen molar-refractivity contribution in [2.45, 2.75) is 40.2 Å². The molecule has 2 atom stereocenters. The lowest BCUT2D eigenvalue weighted by molar-refractivity contribution is 0.355. The van der Waals surface area contributed by atoms with Crippen LogP contribution in [0.25, 0.3) is 0 Å². The average molecular weight is 247 g/mol. The Kier molecular flexibility index (Phi) is 4.23. The fourth-order valence-electron chi connectivity index (χ4n) is 2.94. The topological polar surface area (TPSA) is 42.1 Å². The van der Waals surface area contributed by atoms with Crippen LogP contribution < -0.4 is 10.6 Å². The summed E-state index contributed by atoms with van der Waals surface area (Å²) in [6, 6.07) is 4.28. The van der Waals surface area contributed by atoms with Gasteiger partial charge in [-0.15, -0.1) is 0 Å². The Morgan fingerprint density at radius 1 is 1.28 bits per heavy atom. The van der Waals surface area contributed by atoms with E-state index >= 15 is 0 Å². The first-order valence-corrected chi connectivity index (χ1v) is 7.07. The standard InChI is InChI=1S/C15H25N3/c1-4-14-6-13(8-16)7-15(17-14)18-9-11(2)5-12(3)10-18/h6-7,11-12H,4-5,8-10,16H2,1-3H3. The van der Waals surface area contributed by atoms with E-state index < -0.39 is 0 Å². The molecule has 0 spiro atoms. The van der Waals surface area contributed by atoms with Crippen molar-refractivity contribution < 1.29 is 0 Å². The van der Waals surface area contributed by atoms with Crippen molar-refractivity contribution in [3.8, 4) is 0 Å². The quantitative estimate of drug-likeness (QED) is 0.892. The minimum absolute atomic E-state index is 0.599. The maximum absolute atomic E-state index is 5.78. The number of nitrogens with two attached hydrogens (primary N) is 1. The summed E-state index contributed by atoms with van der Waals surface area (Å²) in [5.41, 5.74) is 8.13. The molecule has 0 bridgehead atoms. The molecule has 0 aromatic carbocycles. The van der Waals surface area contributed by atoms with Crippen molar-refractivity contribution in [2.75, 3.05) is 18.0 Å². The number of aryl methyl sites for hydroxylation is 1. The van der Waals surface area contributed by atoms with E-state index in [0.717, 1.165) is 42.9 Å². The van der Waals surface area contributed by atoms with Crippen LogP contribution in [0.4, 0.5) is 5.82 Å². The van der Waals surface area contributed by atoms with Gasteiger partial charge in [-0.1, -0.05) is 20.8 Å². The number of piperidine rings is 1. The lowest BCUT2D eigenvalue weighted by Crippen LogP contribution is -2.39. The fourth-order valence-corrected chi connectivity index (χ4v) is 2.94. The molecular weight excluding hydrogens is 222 g/mol. The third kappa shape index (κ3) is 3.02. The van der Waals surface area contributed by atoms with Crippen molar-refractivity contribution in [1.29, 1.82) is 0 Å². The van der Waals surface area contributed by atoms with E-state index in [1.165, 1.54) is 12.0 Å². The summed E-state index contributed by atoms with van der Waals surface area (Å²) in [6.45, 7) is 9.64. The maximum atomic E-state index is 5.78. The van der Waals surface area contributed by atoms with Gasteiger partial charge in [-0.05, 0) is 42.4 Å². The van der Waals surface area contributed by atoms with E-state index in [2.05, 4.69) is 37.8 Å². The largest absolute Gasteiger partial charge is 0.356 e. The summed E-state index contributed by atoms with van der Waals surface area (Å²) in [7, 11) is 0. The SMILES string of the molecule is CCc1cc(CN)cc(N2CC(C)CC(C)C2)n1. The molecule has 0 saturated carbocycles. The van der Waals surface area contributed by atoms with Crippen LogP contribution in [-0.4, -0.2) is 18.1 Å². The molecule has 100 valence electrons. The van der Waals surface area contributed by atoms with Crippen LogP contribution in [-0.2, 0) is 13.0 Å². The van der Waals surface area contributed by atoms with Crippen molar-refractivity contribution in [2.24, 2.45) is 17.6 Å². The van der Waals surface area contributed by atoms with E-state index in [-0.39, 0.29) is 0 Å². The monoisotopic (exact) mass is 247 g/mol. The first-order valence-electron chi connectivity index (χ1n) is 7.07. The fraction of sp³-hybridized carbons (Fsp3) is 0.667. The molecule has 2 N–H and O–H groups in total. The van der Waals surface area contributed by atoms with Gasteiger partial charge in [0.2, 0.25) is 0 Å². The van der Waals surface area contributed by atoms with Crippen LogP contribution in [0.15, 0.2) is 12.1 Å². The zero-order chi connectivity index (χ0) is 13.1. The predicted octanol–water partition coefficient (Wildman–Crippen LogP) is 2.59. The summed E-state index contributed by atoms with van der Waals surface area (Å²) in [6.07, 6.45) is 2.30. The summed E-state index contributed by atoms with van der Waals surface area (Å²) in [5, 5.41) is 0. The van der Waals surface area contributed by atoms with E-state index in [1.807, 2.05) is 0 Å². The molecule has 18 heavy (non-hydrogen) atoms. The molecule has 2 rings (SSSR count).